The van der Waals surface area contributed by atoms with E-state index >= 15 is 0 Å². The third-order valence-electron chi connectivity index (χ3n) is 5.00. The molecule has 8 heteroatoms. The van der Waals surface area contributed by atoms with Crippen molar-refractivity contribution in [1.29, 1.82) is 0 Å². The van der Waals surface area contributed by atoms with Crippen molar-refractivity contribution in [1.82, 2.24) is 19.9 Å². The van der Waals surface area contributed by atoms with Gasteiger partial charge in [0.05, 0.1) is 5.52 Å². The number of nitrogens with one attached hydrogen (secondary N) is 1. The Morgan fingerprint density at radius 3 is 2.69 bits per heavy atom. The summed E-state index contributed by atoms with van der Waals surface area (Å²) < 4.78 is 7.14. The predicted molar refractivity (Wildman–Crippen MR) is 123 cm³/mol. The first kappa shape index (κ1) is 20.0. The van der Waals surface area contributed by atoms with E-state index in [4.69, 9.17) is 16.1 Å². The van der Waals surface area contributed by atoms with E-state index in [1.165, 1.54) is 0 Å². The van der Waals surface area contributed by atoms with E-state index in [2.05, 4.69) is 20.6 Å². The Kier molecular flexibility index (Phi) is 5.17. The van der Waals surface area contributed by atoms with Crippen LogP contribution in [0.5, 0.6) is 0 Å². The molecule has 1 amide bonds. The lowest BCUT2D eigenvalue weighted by molar-refractivity contribution is -0.116. The average molecular weight is 444 g/mol. The molecule has 7 nitrogen and oxygen atoms in total. The van der Waals surface area contributed by atoms with Crippen molar-refractivity contribution in [3.63, 3.8) is 0 Å². The Hall–Kier alpha value is -3.97. The lowest BCUT2D eigenvalue weighted by atomic mass is 10.1. The Bertz CT molecular complexity index is 1420. The van der Waals surface area contributed by atoms with E-state index < -0.39 is 0 Å². The number of carbonyl (C=O) groups is 1. The molecule has 1 N–H and O–H groups in total. The maximum atomic E-state index is 12.6. The van der Waals surface area contributed by atoms with Crippen LogP contribution in [0.2, 0.25) is 5.02 Å². The highest BCUT2D eigenvalue weighted by Gasteiger charge is 2.19. The fourth-order valence-corrected chi connectivity index (χ4v) is 3.64. The summed E-state index contributed by atoms with van der Waals surface area (Å²) in [5.74, 6) is 0.557. The molecule has 5 aromatic rings. The molecule has 2 heterocycles. The van der Waals surface area contributed by atoms with Crippen molar-refractivity contribution in [2.24, 2.45) is 0 Å². The Morgan fingerprint density at radius 1 is 1.06 bits per heavy atom. The number of amides is 1. The van der Waals surface area contributed by atoms with Gasteiger partial charge in [0, 0.05) is 21.7 Å². The monoisotopic (exact) mass is 443 g/mol. The van der Waals surface area contributed by atoms with Crippen LogP contribution in [0.25, 0.3) is 33.9 Å². The zero-order valence-corrected chi connectivity index (χ0v) is 17.9. The first-order valence-electron chi connectivity index (χ1n) is 9.99. The summed E-state index contributed by atoms with van der Waals surface area (Å²) in [5, 5.41) is 12.9. The van der Waals surface area contributed by atoms with Crippen LogP contribution in [0, 0.1) is 6.92 Å². The number of aryl methyl sites for hydroxylation is 1. The van der Waals surface area contributed by atoms with Crippen LogP contribution < -0.4 is 5.32 Å². The zero-order chi connectivity index (χ0) is 22.1. The van der Waals surface area contributed by atoms with Crippen LogP contribution >= 0.6 is 11.6 Å². The Balaban J connectivity index is 1.45. The number of hydrogen-bond acceptors (Lipinski definition) is 5. The Morgan fingerprint density at radius 2 is 1.88 bits per heavy atom. The number of nitrogens with zero attached hydrogens (tertiary/aromatic N) is 4. The molecule has 5 rings (SSSR count). The quantitative estimate of drug-likeness (QED) is 0.395. The van der Waals surface area contributed by atoms with Crippen LogP contribution in [0.15, 0.2) is 77.3 Å². The lowest BCUT2D eigenvalue weighted by Crippen LogP contribution is -2.19. The second-order valence-corrected chi connectivity index (χ2v) is 7.81. The third-order valence-corrected chi connectivity index (χ3v) is 5.23. The van der Waals surface area contributed by atoms with Crippen LogP contribution in [-0.4, -0.2) is 25.8 Å². The molecule has 158 valence electrons. The molecule has 0 aliphatic rings. The molecule has 0 aliphatic carbocycles. The van der Waals surface area contributed by atoms with E-state index in [9.17, 15) is 4.79 Å². The number of fused-ring (bicyclic) bond motifs is 1. The molecule has 3 aromatic carbocycles. The van der Waals surface area contributed by atoms with Gasteiger partial charge in [0.2, 0.25) is 11.7 Å². The molecule has 0 saturated carbocycles. The summed E-state index contributed by atoms with van der Waals surface area (Å²) >= 11 is 6.00. The summed E-state index contributed by atoms with van der Waals surface area (Å²) in [6.45, 7) is 2.04. The highest BCUT2D eigenvalue weighted by molar-refractivity contribution is 6.30. The number of halogens is 1. The molecule has 0 radical (unpaired) electrons. The summed E-state index contributed by atoms with van der Waals surface area (Å²) in [5.41, 5.74) is 3.95. The van der Waals surface area contributed by atoms with Gasteiger partial charge in [0.1, 0.15) is 6.54 Å². The highest BCUT2D eigenvalue weighted by atomic mass is 35.5. The molecule has 0 saturated heterocycles. The Labute approximate surface area is 188 Å². The van der Waals surface area contributed by atoms with Gasteiger partial charge in [-0.15, -0.1) is 0 Å². The summed E-state index contributed by atoms with van der Waals surface area (Å²) in [4.78, 5) is 17.2. The number of anilines is 1. The number of aromatic nitrogens is 4. The maximum Gasteiger partial charge on any atom is 0.279 e. The van der Waals surface area contributed by atoms with Gasteiger partial charge in [-0.3, -0.25) is 9.48 Å². The van der Waals surface area contributed by atoms with Gasteiger partial charge >= 0.3 is 0 Å². The van der Waals surface area contributed by atoms with Crippen molar-refractivity contribution >= 4 is 34.1 Å². The highest BCUT2D eigenvalue weighted by Crippen LogP contribution is 2.28. The average Bonchev–Trinajstić information content (AvgIpc) is 3.40. The summed E-state index contributed by atoms with van der Waals surface area (Å²) in [6, 6.07) is 22.5. The van der Waals surface area contributed by atoms with Gasteiger partial charge in [0.25, 0.3) is 5.89 Å². The molecular formula is C24H18ClN5O2. The third kappa shape index (κ3) is 3.98. The van der Waals surface area contributed by atoms with Crippen molar-refractivity contribution < 1.29 is 9.32 Å². The van der Waals surface area contributed by atoms with Gasteiger partial charge in [-0.1, -0.05) is 70.9 Å². The van der Waals surface area contributed by atoms with E-state index in [1.807, 2.05) is 55.5 Å². The van der Waals surface area contributed by atoms with E-state index in [1.54, 1.807) is 28.9 Å². The predicted octanol–water partition coefficient (Wildman–Crippen LogP) is 5.35. The SMILES string of the molecule is Cc1ccc(-c2noc(-c3nn(CC(=O)Nc4cccc(Cl)c4)c4ccccc34)n2)cc1. The number of hydrogen-bond donors (Lipinski definition) is 1. The molecular weight excluding hydrogens is 426 g/mol. The summed E-state index contributed by atoms with van der Waals surface area (Å²) in [7, 11) is 0. The minimum atomic E-state index is -0.224. The van der Waals surface area contributed by atoms with Crippen molar-refractivity contribution in [2.75, 3.05) is 5.32 Å². The van der Waals surface area contributed by atoms with Crippen LogP contribution in [0.4, 0.5) is 5.69 Å². The van der Waals surface area contributed by atoms with Crippen LogP contribution in [-0.2, 0) is 11.3 Å². The fraction of sp³-hybridized carbons (Fsp3) is 0.0833. The minimum absolute atomic E-state index is 0.0198. The zero-order valence-electron chi connectivity index (χ0n) is 17.1. The van der Waals surface area contributed by atoms with Gasteiger partial charge in [-0.25, -0.2) is 0 Å². The molecule has 0 unspecified atom stereocenters. The molecule has 0 aliphatic heterocycles. The second kappa shape index (κ2) is 8.28. The van der Waals surface area contributed by atoms with Crippen molar-refractivity contribution in [3.8, 4) is 23.0 Å². The molecule has 0 fully saturated rings. The number of rotatable bonds is 5. The first-order chi connectivity index (χ1) is 15.6. The fourth-order valence-electron chi connectivity index (χ4n) is 3.45. The molecule has 0 atom stereocenters. The van der Waals surface area contributed by atoms with E-state index in [-0.39, 0.29) is 12.5 Å². The summed E-state index contributed by atoms with van der Waals surface area (Å²) in [6.07, 6.45) is 0. The maximum absolute atomic E-state index is 12.6. The van der Waals surface area contributed by atoms with Gasteiger partial charge < -0.3 is 9.84 Å². The number of para-hydroxylation sites is 1. The van der Waals surface area contributed by atoms with E-state index in [0.29, 0.717) is 28.1 Å². The van der Waals surface area contributed by atoms with Gasteiger partial charge in [-0.2, -0.15) is 10.1 Å². The molecule has 32 heavy (non-hydrogen) atoms. The normalized spacial score (nSPS) is 11.1. The van der Waals surface area contributed by atoms with Gasteiger partial charge in [-0.05, 0) is 31.2 Å². The number of benzene rings is 3. The molecule has 0 spiro atoms. The smallest absolute Gasteiger partial charge is 0.279 e. The number of carbonyl (C=O) groups excluding carboxylic acids is 1. The van der Waals surface area contributed by atoms with Crippen molar-refractivity contribution in [2.45, 2.75) is 13.5 Å². The molecule has 2 aromatic heterocycles. The topological polar surface area (TPSA) is 85.8 Å². The van der Waals surface area contributed by atoms with Crippen LogP contribution in [0.1, 0.15) is 5.56 Å². The largest absolute Gasteiger partial charge is 0.332 e. The minimum Gasteiger partial charge on any atom is -0.332 e. The standard InChI is InChI=1S/C24H18ClN5O2/c1-15-9-11-16(12-10-15)23-27-24(32-29-23)22-19-7-2-3-8-20(19)30(28-22)14-21(31)26-18-6-4-5-17(25)13-18/h2-13H,14H2,1H3,(H,26,31). The van der Waals surface area contributed by atoms with Crippen LogP contribution in [0.3, 0.4) is 0 Å². The molecule has 0 bridgehead atoms. The second-order valence-electron chi connectivity index (χ2n) is 7.37. The lowest BCUT2D eigenvalue weighted by Gasteiger charge is -2.06. The van der Waals surface area contributed by atoms with Crippen molar-refractivity contribution in [3.05, 3.63) is 83.4 Å². The van der Waals surface area contributed by atoms with E-state index in [0.717, 1.165) is 22.0 Å². The van der Waals surface area contributed by atoms with Gasteiger partial charge in [0.15, 0.2) is 5.69 Å². The first-order valence-corrected chi connectivity index (χ1v) is 10.4.